The molecule has 0 unspecified atom stereocenters. The van der Waals surface area contributed by atoms with Crippen LogP contribution in [-0.2, 0) is 6.18 Å². The molecule has 7 heteroatoms. The highest BCUT2D eigenvalue weighted by Gasteiger charge is 2.35. The molecule has 0 aliphatic carbocycles. The molecular weight excluding hydrogens is 235 g/mol. The molecule has 0 saturated carbocycles. The molecule has 0 aliphatic heterocycles. The van der Waals surface area contributed by atoms with Crippen molar-refractivity contribution in [2.24, 2.45) is 0 Å². The van der Waals surface area contributed by atoms with Gasteiger partial charge in [0, 0.05) is 11.6 Å². The van der Waals surface area contributed by atoms with Gasteiger partial charge in [0.05, 0.1) is 15.5 Å². The molecule has 0 spiro atoms. The second-order valence-corrected chi connectivity index (χ2v) is 3.12. The molecule has 0 aromatic heterocycles. The van der Waals surface area contributed by atoms with E-state index in [4.69, 9.17) is 11.6 Å². The van der Waals surface area contributed by atoms with Gasteiger partial charge in [-0.2, -0.15) is 13.2 Å². The van der Waals surface area contributed by atoms with E-state index >= 15 is 0 Å². The largest absolute Gasteiger partial charge is 0.418 e. The lowest BCUT2D eigenvalue weighted by atomic mass is 10.1. The minimum Gasteiger partial charge on any atom is -0.258 e. The van der Waals surface area contributed by atoms with Gasteiger partial charge in [0.25, 0.3) is 5.69 Å². The van der Waals surface area contributed by atoms with E-state index in [0.717, 1.165) is 6.07 Å². The number of rotatable bonds is 1. The zero-order chi connectivity index (χ0) is 11.8. The van der Waals surface area contributed by atoms with Gasteiger partial charge in [-0.1, -0.05) is 11.6 Å². The average molecular weight is 239 g/mol. The third kappa shape index (κ3) is 2.38. The Bertz CT molecular complexity index is 417. The fraction of sp³-hybridized carbons (Fsp3) is 0.125. The monoisotopic (exact) mass is 238 g/mol. The molecule has 1 radical (unpaired) electrons. The second-order valence-electron chi connectivity index (χ2n) is 2.72. The maximum atomic E-state index is 12.3. The van der Waals surface area contributed by atoms with E-state index in [9.17, 15) is 23.3 Å². The summed E-state index contributed by atoms with van der Waals surface area (Å²) in [6, 6.07) is 1.20. The lowest BCUT2D eigenvalue weighted by Crippen LogP contribution is -2.07. The normalized spacial score (nSPS) is 11.5. The first kappa shape index (κ1) is 11.8. The number of alkyl halides is 3. The van der Waals surface area contributed by atoms with E-state index in [2.05, 4.69) is 6.92 Å². The molecule has 15 heavy (non-hydrogen) atoms. The standard InChI is InChI=1S/C8H4ClF3NO2/c1-4-2-6(9)5(8(10,11)12)3-7(4)13(14)15/h2-3H,1H2. The summed E-state index contributed by atoms with van der Waals surface area (Å²) >= 11 is 5.31. The van der Waals surface area contributed by atoms with Gasteiger partial charge in [-0.3, -0.25) is 10.1 Å². The van der Waals surface area contributed by atoms with Crippen LogP contribution >= 0.6 is 11.6 Å². The molecule has 0 heterocycles. The number of benzene rings is 1. The van der Waals surface area contributed by atoms with Crippen LogP contribution in [0, 0.1) is 17.0 Å². The first-order valence-corrected chi connectivity index (χ1v) is 3.98. The predicted octanol–water partition coefficient (Wildman–Crippen LogP) is 3.45. The molecule has 1 aromatic rings. The second kappa shape index (κ2) is 3.69. The van der Waals surface area contributed by atoms with E-state index in [1.54, 1.807) is 0 Å². The topological polar surface area (TPSA) is 43.1 Å². The Morgan fingerprint density at radius 2 is 1.93 bits per heavy atom. The van der Waals surface area contributed by atoms with Gasteiger partial charge in [0.2, 0.25) is 0 Å². The van der Waals surface area contributed by atoms with Crippen LogP contribution < -0.4 is 0 Å². The van der Waals surface area contributed by atoms with Crippen LogP contribution in [0.15, 0.2) is 12.1 Å². The maximum Gasteiger partial charge on any atom is 0.418 e. The zero-order valence-corrected chi connectivity index (χ0v) is 7.89. The fourth-order valence-electron chi connectivity index (χ4n) is 0.990. The third-order valence-corrected chi connectivity index (χ3v) is 1.98. The number of nitro groups is 1. The molecule has 0 atom stereocenters. The summed E-state index contributed by atoms with van der Waals surface area (Å²) in [5.41, 5.74) is -2.09. The first-order valence-electron chi connectivity index (χ1n) is 3.60. The Kier molecular flexibility index (Phi) is 2.90. The summed E-state index contributed by atoms with van der Waals surface area (Å²) in [6.07, 6.45) is -4.71. The van der Waals surface area contributed by atoms with Crippen molar-refractivity contribution in [3.8, 4) is 0 Å². The van der Waals surface area contributed by atoms with Crippen molar-refractivity contribution in [2.45, 2.75) is 6.18 Å². The van der Waals surface area contributed by atoms with Crippen LogP contribution in [0.5, 0.6) is 0 Å². The van der Waals surface area contributed by atoms with E-state index < -0.39 is 27.4 Å². The summed E-state index contributed by atoms with van der Waals surface area (Å²) in [4.78, 5) is 9.43. The van der Waals surface area contributed by atoms with Crippen LogP contribution in [0.1, 0.15) is 11.1 Å². The highest BCUT2D eigenvalue weighted by molar-refractivity contribution is 6.31. The molecule has 3 nitrogen and oxygen atoms in total. The Balaban J connectivity index is 3.43. The fourth-order valence-corrected chi connectivity index (χ4v) is 1.28. The van der Waals surface area contributed by atoms with Gasteiger partial charge in [-0.05, 0) is 13.0 Å². The number of nitro benzene ring substituents is 1. The van der Waals surface area contributed by atoms with Crippen molar-refractivity contribution in [1.82, 2.24) is 0 Å². The van der Waals surface area contributed by atoms with Crippen molar-refractivity contribution in [2.75, 3.05) is 0 Å². The number of hydrogen-bond donors (Lipinski definition) is 0. The molecule has 0 aliphatic rings. The first-order chi connectivity index (χ1) is 6.73. The van der Waals surface area contributed by atoms with Crippen LogP contribution in [0.2, 0.25) is 5.02 Å². The number of hydrogen-bond acceptors (Lipinski definition) is 2. The SMILES string of the molecule is [CH2]c1cc(Cl)c(C(F)(F)F)cc1[N+](=O)[O-]. The highest BCUT2D eigenvalue weighted by Crippen LogP contribution is 2.38. The number of halogens is 4. The summed E-state index contributed by atoms with van der Waals surface area (Å²) in [6.45, 7) is 3.23. The third-order valence-electron chi connectivity index (χ3n) is 1.67. The minimum atomic E-state index is -4.71. The van der Waals surface area contributed by atoms with Crippen LogP contribution in [0.25, 0.3) is 0 Å². The van der Waals surface area contributed by atoms with Crippen LogP contribution in [-0.4, -0.2) is 4.92 Å². The van der Waals surface area contributed by atoms with Crippen molar-refractivity contribution < 1.29 is 18.1 Å². The molecule has 81 valence electrons. The Labute approximate surface area is 87.6 Å². The molecular formula is C8H4ClF3NO2. The predicted molar refractivity (Wildman–Crippen MR) is 47.6 cm³/mol. The van der Waals surface area contributed by atoms with Gasteiger partial charge >= 0.3 is 6.18 Å². The molecule has 0 fully saturated rings. The summed E-state index contributed by atoms with van der Waals surface area (Å²) in [5, 5.41) is 9.77. The van der Waals surface area contributed by atoms with Gasteiger partial charge in [-0.25, -0.2) is 0 Å². The average Bonchev–Trinajstić information content (AvgIpc) is 2.00. The lowest BCUT2D eigenvalue weighted by Gasteiger charge is -2.09. The molecule has 1 aromatic carbocycles. The summed E-state index contributed by atoms with van der Waals surface area (Å²) in [5.74, 6) is 0. The summed E-state index contributed by atoms with van der Waals surface area (Å²) in [7, 11) is 0. The van der Waals surface area contributed by atoms with Crippen molar-refractivity contribution in [3.63, 3.8) is 0 Å². The number of nitrogens with zero attached hydrogens (tertiary/aromatic N) is 1. The van der Waals surface area contributed by atoms with Crippen LogP contribution in [0.3, 0.4) is 0 Å². The van der Waals surface area contributed by atoms with E-state index in [1.807, 2.05) is 0 Å². The maximum absolute atomic E-state index is 12.3. The quantitative estimate of drug-likeness (QED) is 0.555. The van der Waals surface area contributed by atoms with Gasteiger partial charge in [0.15, 0.2) is 0 Å². The Morgan fingerprint density at radius 1 is 1.40 bits per heavy atom. The van der Waals surface area contributed by atoms with Crippen molar-refractivity contribution in [1.29, 1.82) is 0 Å². The minimum absolute atomic E-state index is 0.155. The molecule has 1 rings (SSSR count). The Hall–Kier alpha value is -1.30. The smallest absolute Gasteiger partial charge is 0.258 e. The molecule has 0 amide bonds. The van der Waals surface area contributed by atoms with Crippen molar-refractivity contribution in [3.05, 3.63) is 45.3 Å². The van der Waals surface area contributed by atoms with E-state index in [-0.39, 0.29) is 5.56 Å². The highest BCUT2D eigenvalue weighted by atomic mass is 35.5. The van der Waals surface area contributed by atoms with Gasteiger partial charge in [0.1, 0.15) is 0 Å². The Morgan fingerprint density at radius 3 is 2.33 bits per heavy atom. The van der Waals surface area contributed by atoms with Gasteiger partial charge < -0.3 is 0 Å². The summed E-state index contributed by atoms with van der Waals surface area (Å²) < 4.78 is 36.9. The molecule has 0 N–H and O–H groups in total. The zero-order valence-electron chi connectivity index (χ0n) is 7.14. The lowest BCUT2D eigenvalue weighted by molar-refractivity contribution is -0.385. The van der Waals surface area contributed by atoms with E-state index in [0.29, 0.717) is 6.07 Å². The molecule has 0 saturated heterocycles. The van der Waals surface area contributed by atoms with Gasteiger partial charge in [-0.15, -0.1) is 0 Å². The van der Waals surface area contributed by atoms with E-state index in [1.165, 1.54) is 0 Å². The van der Waals surface area contributed by atoms with Crippen LogP contribution in [0.4, 0.5) is 18.9 Å². The van der Waals surface area contributed by atoms with Crippen molar-refractivity contribution >= 4 is 17.3 Å². The molecule has 0 bridgehead atoms.